The summed E-state index contributed by atoms with van der Waals surface area (Å²) in [6, 6.07) is 10.3. The first kappa shape index (κ1) is 18.5. The van der Waals surface area contributed by atoms with Crippen LogP contribution < -0.4 is 10.6 Å². The molecule has 2 aromatic carbocycles. The van der Waals surface area contributed by atoms with E-state index in [4.69, 9.17) is 26.8 Å². The smallest absolute Gasteiger partial charge is 0.141 e. The largest absolute Gasteiger partial charge is 0.399 e. The van der Waals surface area contributed by atoms with E-state index < -0.39 is 5.82 Å². The first-order chi connectivity index (χ1) is 11.6. The zero-order chi connectivity index (χ0) is 17.5. The number of methoxy groups -OCH3 is 2. The molecule has 0 aromatic heterocycles. The zero-order valence-electron chi connectivity index (χ0n) is 13.9. The van der Waals surface area contributed by atoms with Crippen LogP contribution in [0.1, 0.15) is 0 Å². The molecule has 0 radical (unpaired) electrons. The van der Waals surface area contributed by atoms with Gasteiger partial charge >= 0.3 is 0 Å². The van der Waals surface area contributed by atoms with Crippen LogP contribution in [0.3, 0.4) is 0 Å². The van der Waals surface area contributed by atoms with E-state index in [1.807, 2.05) is 18.2 Å². The van der Waals surface area contributed by atoms with Crippen LogP contribution in [-0.2, 0) is 9.47 Å². The van der Waals surface area contributed by atoms with E-state index in [0.717, 1.165) is 16.8 Å². The average Bonchev–Trinajstić information content (AvgIpc) is 2.58. The number of nitrogens with zero attached hydrogens (tertiary/aromatic N) is 1. The van der Waals surface area contributed by atoms with Crippen molar-refractivity contribution in [3.8, 4) is 11.1 Å². The van der Waals surface area contributed by atoms with E-state index in [1.54, 1.807) is 26.4 Å². The van der Waals surface area contributed by atoms with E-state index >= 15 is 0 Å². The molecule has 0 bridgehead atoms. The molecular formula is C18H22ClFN2O2. The lowest BCUT2D eigenvalue weighted by Crippen LogP contribution is -2.31. The predicted molar refractivity (Wildman–Crippen MR) is 97.2 cm³/mol. The maximum atomic E-state index is 13.5. The molecule has 4 nitrogen and oxygen atoms in total. The topological polar surface area (TPSA) is 47.7 Å². The van der Waals surface area contributed by atoms with Gasteiger partial charge in [-0.1, -0.05) is 17.7 Å². The maximum Gasteiger partial charge on any atom is 0.141 e. The molecule has 2 N–H and O–H groups in total. The molecule has 0 aliphatic rings. The molecule has 0 fully saturated rings. The van der Waals surface area contributed by atoms with Crippen molar-refractivity contribution in [3.05, 3.63) is 47.2 Å². The Morgan fingerprint density at radius 1 is 1.04 bits per heavy atom. The third-order valence-electron chi connectivity index (χ3n) is 3.72. The summed E-state index contributed by atoms with van der Waals surface area (Å²) in [5, 5.41) is 0.0845. The normalized spacial score (nSPS) is 10.8. The molecule has 6 heteroatoms. The van der Waals surface area contributed by atoms with Crippen molar-refractivity contribution in [2.75, 3.05) is 51.2 Å². The summed E-state index contributed by atoms with van der Waals surface area (Å²) in [4.78, 5) is 2.15. The van der Waals surface area contributed by atoms with E-state index in [-0.39, 0.29) is 5.02 Å². The minimum atomic E-state index is -0.443. The number of anilines is 2. The summed E-state index contributed by atoms with van der Waals surface area (Å²) < 4.78 is 23.9. The van der Waals surface area contributed by atoms with E-state index in [1.165, 1.54) is 6.07 Å². The Balaban J connectivity index is 2.45. The van der Waals surface area contributed by atoms with Crippen molar-refractivity contribution in [2.24, 2.45) is 0 Å². The zero-order valence-corrected chi connectivity index (χ0v) is 14.6. The van der Waals surface area contributed by atoms with Gasteiger partial charge in [0.25, 0.3) is 0 Å². The fraction of sp³-hybridized carbons (Fsp3) is 0.333. The third kappa shape index (κ3) is 4.60. The van der Waals surface area contributed by atoms with E-state index in [2.05, 4.69) is 4.90 Å². The summed E-state index contributed by atoms with van der Waals surface area (Å²) in [6.07, 6.45) is 0. The summed E-state index contributed by atoms with van der Waals surface area (Å²) >= 11 is 5.94. The van der Waals surface area contributed by atoms with Crippen LogP contribution in [0.4, 0.5) is 15.8 Å². The molecule has 0 spiro atoms. The van der Waals surface area contributed by atoms with Crippen LogP contribution in [0, 0.1) is 5.82 Å². The van der Waals surface area contributed by atoms with Crippen LogP contribution in [0.25, 0.3) is 11.1 Å². The standard InChI is InChI=1S/C18H22ClFN2O2/c1-23-9-7-22(8-10-24-2)18-6-4-14(21)12-15(18)13-3-5-17(20)16(19)11-13/h3-6,11-12H,7-10,21H2,1-2H3. The van der Waals surface area contributed by atoms with Gasteiger partial charge in [0.1, 0.15) is 5.82 Å². The van der Waals surface area contributed by atoms with Gasteiger partial charge in [0.05, 0.1) is 18.2 Å². The lowest BCUT2D eigenvalue weighted by Gasteiger charge is -2.27. The predicted octanol–water partition coefficient (Wildman–Crippen LogP) is 3.83. The number of nitrogens with two attached hydrogens (primary N) is 1. The summed E-state index contributed by atoms with van der Waals surface area (Å²) in [5.41, 5.74) is 9.26. The maximum absolute atomic E-state index is 13.5. The molecule has 0 aliphatic carbocycles. The van der Waals surface area contributed by atoms with Gasteiger partial charge in [-0.2, -0.15) is 0 Å². The minimum absolute atomic E-state index is 0.0845. The van der Waals surface area contributed by atoms with Crippen molar-refractivity contribution in [1.29, 1.82) is 0 Å². The lowest BCUT2D eigenvalue weighted by molar-refractivity contribution is 0.190. The van der Waals surface area contributed by atoms with Gasteiger partial charge < -0.3 is 20.1 Å². The van der Waals surface area contributed by atoms with Gasteiger partial charge in [-0.25, -0.2) is 4.39 Å². The van der Waals surface area contributed by atoms with Gasteiger partial charge in [0, 0.05) is 44.2 Å². The molecule has 2 rings (SSSR count). The molecule has 0 amide bonds. The molecule has 0 aliphatic heterocycles. The van der Waals surface area contributed by atoms with Crippen LogP contribution in [0.5, 0.6) is 0 Å². The van der Waals surface area contributed by atoms with Crippen LogP contribution >= 0.6 is 11.6 Å². The van der Waals surface area contributed by atoms with Gasteiger partial charge in [-0.15, -0.1) is 0 Å². The molecule has 0 saturated carbocycles. The van der Waals surface area contributed by atoms with Crippen LogP contribution in [-0.4, -0.2) is 40.5 Å². The van der Waals surface area contributed by atoms with E-state index in [0.29, 0.717) is 32.0 Å². The highest BCUT2D eigenvalue weighted by Crippen LogP contribution is 2.34. The number of hydrogen-bond acceptors (Lipinski definition) is 4. The van der Waals surface area contributed by atoms with E-state index in [9.17, 15) is 4.39 Å². The molecule has 0 atom stereocenters. The van der Waals surface area contributed by atoms with Gasteiger partial charge in [-0.05, 0) is 35.9 Å². The Morgan fingerprint density at radius 3 is 2.29 bits per heavy atom. The summed E-state index contributed by atoms with van der Waals surface area (Å²) in [7, 11) is 3.33. The SMILES string of the molecule is COCCN(CCOC)c1ccc(N)cc1-c1ccc(F)c(Cl)c1. The number of ether oxygens (including phenoxy) is 2. The van der Waals surface area contributed by atoms with Gasteiger partial charge in [-0.3, -0.25) is 0 Å². The number of halogens is 2. The minimum Gasteiger partial charge on any atom is -0.399 e. The molecule has 2 aromatic rings. The van der Waals surface area contributed by atoms with Crippen molar-refractivity contribution in [1.82, 2.24) is 0 Å². The van der Waals surface area contributed by atoms with Crippen molar-refractivity contribution >= 4 is 23.0 Å². The van der Waals surface area contributed by atoms with Crippen molar-refractivity contribution < 1.29 is 13.9 Å². The van der Waals surface area contributed by atoms with Crippen molar-refractivity contribution in [2.45, 2.75) is 0 Å². The van der Waals surface area contributed by atoms with Crippen molar-refractivity contribution in [3.63, 3.8) is 0 Å². The second-order valence-corrected chi connectivity index (χ2v) is 5.79. The average molecular weight is 353 g/mol. The Labute approximate surface area is 146 Å². The first-order valence-corrected chi connectivity index (χ1v) is 8.02. The van der Waals surface area contributed by atoms with Gasteiger partial charge in [0.2, 0.25) is 0 Å². The number of nitrogen functional groups attached to an aromatic ring is 1. The third-order valence-corrected chi connectivity index (χ3v) is 4.01. The molecule has 0 unspecified atom stereocenters. The second-order valence-electron chi connectivity index (χ2n) is 5.38. The van der Waals surface area contributed by atoms with Crippen LogP contribution in [0.15, 0.2) is 36.4 Å². The quantitative estimate of drug-likeness (QED) is 0.733. The molecular weight excluding hydrogens is 331 g/mol. The first-order valence-electron chi connectivity index (χ1n) is 7.64. The highest BCUT2D eigenvalue weighted by atomic mass is 35.5. The monoisotopic (exact) mass is 352 g/mol. The summed E-state index contributed by atoms with van der Waals surface area (Å²) in [5.74, 6) is -0.443. The molecule has 130 valence electrons. The molecule has 0 heterocycles. The number of rotatable bonds is 8. The summed E-state index contributed by atoms with van der Waals surface area (Å²) in [6.45, 7) is 2.56. The Hall–Kier alpha value is -1.82. The fourth-order valence-electron chi connectivity index (χ4n) is 2.48. The lowest BCUT2D eigenvalue weighted by atomic mass is 10.0. The fourth-order valence-corrected chi connectivity index (χ4v) is 2.66. The Bertz CT molecular complexity index is 674. The van der Waals surface area contributed by atoms with Gasteiger partial charge in [0.15, 0.2) is 0 Å². The highest BCUT2D eigenvalue weighted by Gasteiger charge is 2.14. The van der Waals surface area contributed by atoms with Crippen LogP contribution in [0.2, 0.25) is 5.02 Å². The molecule has 0 saturated heterocycles. The molecule has 24 heavy (non-hydrogen) atoms. The Morgan fingerprint density at radius 2 is 1.71 bits per heavy atom. The Kier molecular flexibility index (Phi) is 6.85. The number of benzene rings is 2. The second kappa shape index (κ2) is 8.87. The number of hydrogen-bond donors (Lipinski definition) is 1. The highest BCUT2D eigenvalue weighted by molar-refractivity contribution is 6.31.